The minimum Gasteiger partial charge on any atom is -0.490 e. The fourth-order valence-electron chi connectivity index (χ4n) is 1.62. The molecular weight excluding hydrogens is 246 g/mol. The van der Waals surface area contributed by atoms with Crippen LogP contribution in [0.15, 0.2) is 17.1 Å². The maximum atomic E-state index is 11.8. The van der Waals surface area contributed by atoms with Gasteiger partial charge >= 0.3 is 0 Å². The molecule has 0 saturated carbocycles. The zero-order chi connectivity index (χ0) is 14.1. The average molecular weight is 269 g/mol. The summed E-state index contributed by atoms with van der Waals surface area (Å²) in [6.45, 7) is 3.02. The Morgan fingerprint density at radius 1 is 1.42 bits per heavy atom. The van der Waals surface area contributed by atoms with E-state index >= 15 is 0 Å². The largest absolute Gasteiger partial charge is 0.490 e. The number of aromatic nitrogens is 2. The van der Waals surface area contributed by atoms with Crippen LogP contribution in [0, 0.1) is 0 Å². The van der Waals surface area contributed by atoms with Gasteiger partial charge in [0.25, 0.3) is 5.56 Å². The van der Waals surface area contributed by atoms with Crippen molar-refractivity contribution in [2.24, 2.45) is 5.73 Å². The van der Waals surface area contributed by atoms with Crippen molar-refractivity contribution in [1.82, 2.24) is 9.78 Å². The summed E-state index contributed by atoms with van der Waals surface area (Å²) >= 11 is 0. The van der Waals surface area contributed by atoms with E-state index in [1.54, 1.807) is 0 Å². The summed E-state index contributed by atoms with van der Waals surface area (Å²) in [5.41, 5.74) is 5.40. The summed E-state index contributed by atoms with van der Waals surface area (Å²) in [6, 6.07) is 1.36. The fraction of sp³-hybridized carbons (Fsp3) is 0.692. The third-order valence-corrected chi connectivity index (χ3v) is 2.64. The van der Waals surface area contributed by atoms with Gasteiger partial charge in [-0.1, -0.05) is 12.8 Å². The highest BCUT2D eigenvalue weighted by Gasteiger charge is 2.02. The van der Waals surface area contributed by atoms with Gasteiger partial charge in [-0.2, -0.15) is 5.10 Å². The van der Waals surface area contributed by atoms with Gasteiger partial charge in [-0.05, 0) is 19.8 Å². The number of aliphatic hydroxyl groups is 1. The van der Waals surface area contributed by atoms with Crippen LogP contribution in [0.4, 0.5) is 0 Å². The zero-order valence-electron chi connectivity index (χ0n) is 11.4. The van der Waals surface area contributed by atoms with Crippen molar-refractivity contribution < 1.29 is 9.84 Å². The normalized spacial score (nSPS) is 12.4. The van der Waals surface area contributed by atoms with Crippen LogP contribution in [-0.2, 0) is 6.54 Å². The first-order valence-electron chi connectivity index (χ1n) is 6.70. The highest BCUT2D eigenvalue weighted by Crippen LogP contribution is 2.05. The summed E-state index contributed by atoms with van der Waals surface area (Å²) in [5.74, 6) is 0.457. The lowest BCUT2D eigenvalue weighted by Crippen LogP contribution is -2.26. The first-order valence-corrected chi connectivity index (χ1v) is 6.70. The molecule has 1 unspecified atom stereocenters. The Morgan fingerprint density at radius 2 is 2.16 bits per heavy atom. The molecule has 1 heterocycles. The number of aliphatic hydroxyl groups excluding tert-OH is 1. The van der Waals surface area contributed by atoms with Crippen LogP contribution >= 0.6 is 0 Å². The minimum atomic E-state index is -0.163. The van der Waals surface area contributed by atoms with Crippen molar-refractivity contribution in [3.05, 3.63) is 22.6 Å². The van der Waals surface area contributed by atoms with Gasteiger partial charge in [0.15, 0.2) is 0 Å². The van der Waals surface area contributed by atoms with Gasteiger partial charge in [0.2, 0.25) is 0 Å². The fourth-order valence-corrected chi connectivity index (χ4v) is 1.62. The summed E-state index contributed by atoms with van der Waals surface area (Å²) in [7, 11) is 0. The Kier molecular flexibility index (Phi) is 7.14. The smallest absolute Gasteiger partial charge is 0.270 e. The lowest BCUT2D eigenvalue weighted by Gasteiger charge is -2.09. The molecule has 0 radical (unpaired) electrons. The molecule has 19 heavy (non-hydrogen) atoms. The number of hydrogen-bond donors (Lipinski definition) is 2. The second-order valence-corrected chi connectivity index (χ2v) is 4.68. The topological polar surface area (TPSA) is 90.4 Å². The van der Waals surface area contributed by atoms with E-state index in [1.807, 2.05) is 6.92 Å². The Bertz CT molecular complexity index is 418. The first-order chi connectivity index (χ1) is 9.13. The molecule has 0 aliphatic carbocycles. The monoisotopic (exact) mass is 269 g/mol. The Hall–Kier alpha value is -1.40. The Labute approximate surface area is 113 Å². The van der Waals surface area contributed by atoms with Crippen LogP contribution in [0.25, 0.3) is 0 Å². The average Bonchev–Trinajstić information content (AvgIpc) is 2.38. The molecule has 0 bridgehead atoms. The van der Waals surface area contributed by atoms with Gasteiger partial charge in [0.05, 0.1) is 6.20 Å². The number of rotatable bonds is 9. The molecule has 6 nitrogen and oxygen atoms in total. The maximum absolute atomic E-state index is 11.8. The van der Waals surface area contributed by atoms with E-state index < -0.39 is 0 Å². The van der Waals surface area contributed by atoms with Gasteiger partial charge in [-0.15, -0.1) is 0 Å². The van der Waals surface area contributed by atoms with E-state index in [9.17, 15) is 4.79 Å². The highest BCUT2D eigenvalue weighted by atomic mass is 16.5. The van der Waals surface area contributed by atoms with E-state index in [2.05, 4.69) is 5.10 Å². The molecule has 0 amide bonds. The molecule has 0 spiro atoms. The van der Waals surface area contributed by atoms with Crippen LogP contribution < -0.4 is 16.0 Å². The molecule has 108 valence electrons. The Balaban J connectivity index is 2.41. The molecule has 1 rings (SSSR count). The van der Waals surface area contributed by atoms with Crippen LogP contribution in [0.5, 0.6) is 5.75 Å². The quantitative estimate of drug-likeness (QED) is 0.638. The van der Waals surface area contributed by atoms with Crippen molar-refractivity contribution in [2.75, 3.05) is 13.2 Å². The van der Waals surface area contributed by atoms with Crippen LogP contribution in [-0.4, -0.2) is 34.1 Å². The van der Waals surface area contributed by atoms with Gasteiger partial charge in [-0.25, -0.2) is 4.68 Å². The van der Waals surface area contributed by atoms with Gasteiger partial charge in [-0.3, -0.25) is 4.79 Å². The Morgan fingerprint density at radius 3 is 2.79 bits per heavy atom. The minimum absolute atomic E-state index is 0.0750. The van der Waals surface area contributed by atoms with Gasteiger partial charge in [0.1, 0.15) is 12.4 Å². The van der Waals surface area contributed by atoms with Crippen molar-refractivity contribution >= 4 is 0 Å². The van der Waals surface area contributed by atoms with Crippen molar-refractivity contribution in [3.63, 3.8) is 0 Å². The highest BCUT2D eigenvalue weighted by molar-refractivity contribution is 5.13. The standard InChI is InChI=1S/C13H23N3O3/c1-11(14)10-19-12-8-13(18)16(15-9-12)6-4-2-3-5-7-17/h8-9,11,17H,2-7,10,14H2,1H3. The van der Waals surface area contributed by atoms with E-state index in [4.69, 9.17) is 15.6 Å². The van der Waals surface area contributed by atoms with E-state index in [0.29, 0.717) is 18.9 Å². The number of nitrogens with two attached hydrogens (primary N) is 1. The number of aryl methyl sites for hydroxylation is 1. The predicted octanol–water partition coefficient (Wildman–Crippen LogP) is 0.522. The van der Waals surface area contributed by atoms with Crippen LogP contribution in [0.1, 0.15) is 32.6 Å². The maximum Gasteiger partial charge on any atom is 0.270 e. The third kappa shape index (κ3) is 6.35. The second-order valence-electron chi connectivity index (χ2n) is 4.68. The number of nitrogens with zero attached hydrogens (tertiary/aromatic N) is 2. The number of hydrogen-bond acceptors (Lipinski definition) is 5. The van der Waals surface area contributed by atoms with Crippen molar-refractivity contribution in [3.8, 4) is 5.75 Å². The summed E-state index contributed by atoms with van der Waals surface area (Å²) in [5, 5.41) is 12.7. The predicted molar refractivity (Wildman–Crippen MR) is 73.2 cm³/mol. The zero-order valence-corrected chi connectivity index (χ0v) is 11.4. The summed E-state index contributed by atoms with van der Waals surface area (Å²) < 4.78 is 6.76. The van der Waals surface area contributed by atoms with E-state index in [0.717, 1.165) is 25.7 Å². The van der Waals surface area contributed by atoms with E-state index in [-0.39, 0.29) is 18.2 Å². The van der Waals surface area contributed by atoms with E-state index in [1.165, 1.54) is 16.9 Å². The molecule has 0 saturated heterocycles. The first kappa shape index (κ1) is 15.7. The lowest BCUT2D eigenvalue weighted by atomic mass is 10.2. The molecule has 6 heteroatoms. The number of ether oxygens (including phenoxy) is 1. The van der Waals surface area contributed by atoms with Crippen molar-refractivity contribution in [2.45, 2.75) is 45.2 Å². The van der Waals surface area contributed by atoms with Gasteiger partial charge in [0, 0.05) is 25.3 Å². The molecule has 0 aliphatic heterocycles. The van der Waals surface area contributed by atoms with Gasteiger partial charge < -0.3 is 15.6 Å². The molecule has 0 aliphatic rings. The molecular formula is C13H23N3O3. The summed E-state index contributed by atoms with van der Waals surface area (Å²) in [6.07, 6.45) is 5.19. The van der Waals surface area contributed by atoms with Crippen molar-refractivity contribution in [1.29, 1.82) is 0 Å². The van der Waals surface area contributed by atoms with Crippen LogP contribution in [0.3, 0.4) is 0 Å². The summed E-state index contributed by atoms with van der Waals surface area (Å²) in [4.78, 5) is 11.8. The molecule has 0 fully saturated rings. The molecule has 1 atom stereocenters. The molecule has 1 aromatic rings. The third-order valence-electron chi connectivity index (χ3n) is 2.64. The number of unbranched alkanes of at least 4 members (excludes halogenated alkanes) is 3. The lowest BCUT2D eigenvalue weighted by molar-refractivity contribution is 0.281. The molecule has 3 N–H and O–H groups in total. The second kappa shape index (κ2) is 8.66. The molecule has 1 aromatic heterocycles. The SMILES string of the molecule is CC(N)COc1cnn(CCCCCCO)c(=O)c1. The van der Waals surface area contributed by atoms with Crippen LogP contribution in [0.2, 0.25) is 0 Å². The molecule has 0 aromatic carbocycles.